The van der Waals surface area contributed by atoms with Crippen molar-refractivity contribution in [2.45, 2.75) is 19.4 Å². The Kier molecular flexibility index (Phi) is 3.14. The second-order valence-electron chi connectivity index (χ2n) is 4.26. The van der Waals surface area contributed by atoms with Crippen molar-refractivity contribution in [3.8, 4) is 0 Å². The third-order valence-electron chi connectivity index (χ3n) is 3.11. The van der Waals surface area contributed by atoms with Gasteiger partial charge in [-0.2, -0.15) is 0 Å². The van der Waals surface area contributed by atoms with E-state index >= 15 is 0 Å². The number of urea groups is 1. The molecule has 94 valence electrons. The summed E-state index contributed by atoms with van der Waals surface area (Å²) in [5.74, 6) is -0.902. The maximum atomic E-state index is 12.0. The van der Waals surface area contributed by atoms with Crippen LogP contribution in [0.2, 0.25) is 0 Å². The van der Waals surface area contributed by atoms with Gasteiger partial charge in [-0.25, -0.2) is 4.79 Å². The summed E-state index contributed by atoms with van der Waals surface area (Å²) in [5.41, 5.74) is 0.863. The molecule has 1 saturated heterocycles. The highest BCUT2D eigenvalue weighted by atomic mass is 16.2. The number of barbiturate groups is 1. The first-order chi connectivity index (χ1) is 8.52. The molecule has 1 aromatic carbocycles. The minimum absolute atomic E-state index is 0.251. The Labute approximate surface area is 105 Å². The number of imide groups is 2. The van der Waals surface area contributed by atoms with E-state index in [-0.39, 0.29) is 12.5 Å². The van der Waals surface area contributed by atoms with Crippen LogP contribution in [0, 0.1) is 0 Å². The minimum atomic E-state index is -0.562. The molecule has 1 atom stereocenters. The summed E-state index contributed by atoms with van der Waals surface area (Å²) in [6, 6.07) is 8.32. The lowest BCUT2D eigenvalue weighted by Crippen LogP contribution is -2.53. The fourth-order valence-corrected chi connectivity index (χ4v) is 1.97. The van der Waals surface area contributed by atoms with Crippen molar-refractivity contribution >= 4 is 17.8 Å². The Bertz CT molecular complexity index is 498. The molecular weight excluding hydrogens is 232 g/mol. The van der Waals surface area contributed by atoms with Crippen molar-refractivity contribution in [1.82, 2.24) is 9.80 Å². The van der Waals surface area contributed by atoms with Gasteiger partial charge in [0.05, 0.1) is 6.04 Å². The predicted octanol–water partition coefficient (Wildman–Crippen LogP) is 1.56. The van der Waals surface area contributed by atoms with E-state index in [9.17, 15) is 14.4 Å². The second-order valence-corrected chi connectivity index (χ2v) is 4.26. The number of rotatable bonds is 2. The van der Waals surface area contributed by atoms with Gasteiger partial charge in [0.2, 0.25) is 11.8 Å². The number of amides is 4. The monoisotopic (exact) mass is 246 g/mol. The molecule has 1 fully saturated rings. The standard InChI is InChI=1S/C13H14N2O3/c1-9(10-6-4-3-5-7-10)15-12(17)8-11(16)14(2)13(15)18/h3-7,9H,8H2,1-2H3. The van der Waals surface area contributed by atoms with Gasteiger partial charge in [0.1, 0.15) is 6.42 Å². The van der Waals surface area contributed by atoms with Crippen molar-refractivity contribution in [3.63, 3.8) is 0 Å². The summed E-state index contributed by atoms with van der Waals surface area (Å²) in [6.45, 7) is 1.77. The fourth-order valence-electron chi connectivity index (χ4n) is 1.97. The number of carbonyl (C=O) groups is 3. The molecule has 0 bridgehead atoms. The lowest BCUT2D eigenvalue weighted by atomic mass is 10.1. The van der Waals surface area contributed by atoms with Crippen LogP contribution in [0.1, 0.15) is 24.9 Å². The Hall–Kier alpha value is -2.17. The van der Waals surface area contributed by atoms with Crippen molar-refractivity contribution in [3.05, 3.63) is 35.9 Å². The van der Waals surface area contributed by atoms with Crippen LogP contribution in [0.5, 0.6) is 0 Å². The maximum absolute atomic E-state index is 12.0. The van der Waals surface area contributed by atoms with Crippen molar-refractivity contribution in [1.29, 1.82) is 0 Å². The highest BCUT2D eigenvalue weighted by molar-refractivity contribution is 6.14. The smallest absolute Gasteiger partial charge is 0.274 e. The van der Waals surface area contributed by atoms with E-state index < -0.39 is 17.8 Å². The highest BCUT2D eigenvalue weighted by Crippen LogP contribution is 2.24. The van der Waals surface area contributed by atoms with Gasteiger partial charge in [0, 0.05) is 7.05 Å². The first-order valence-corrected chi connectivity index (χ1v) is 5.70. The van der Waals surface area contributed by atoms with Gasteiger partial charge in [-0.15, -0.1) is 0 Å². The van der Waals surface area contributed by atoms with Crippen molar-refractivity contribution in [2.24, 2.45) is 0 Å². The van der Waals surface area contributed by atoms with Crippen LogP contribution in [-0.4, -0.2) is 34.7 Å². The van der Waals surface area contributed by atoms with Gasteiger partial charge in [0.25, 0.3) is 0 Å². The maximum Gasteiger partial charge on any atom is 0.333 e. The van der Waals surface area contributed by atoms with E-state index in [2.05, 4.69) is 0 Å². The first-order valence-electron chi connectivity index (χ1n) is 5.70. The summed E-state index contributed by atoms with van der Waals surface area (Å²) in [6.07, 6.45) is -0.251. The van der Waals surface area contributed by atoms with Gasteiger partial charge in [-0.05, 0) is 12.5 Å². The Morgan fingerprint density at radius 1 is 1.06 bits per heavy atom. The minimum Gasteiger partial charge on any atom is -0.274 e. The number of benzene rings is 1. The zero-order chi connectivity index (χ0) is 13.3. The molecule has 0 saturated carbocycles. The molecule has 2 rings (SSSR count). The number of hydrogen-bond acceptors (Lipinski definition) is 3. The van der Waals surface area contributed by atoms with Crippen LogP contribution in [0.4, 0.5) is 4.79 Å². The topological polar surface area (TPSA) is 57.7 Å². The normalized spacial score (nSPS) is 18.2. The molecule has 1 aromatic rings. The first kappa shape index (κ1) is 12.3. The molecule has 5 nitrogen and oxygen atoms in total. The Morgan fingerprint density at radius 3 is 2.28 bits per heavy atom. The largest absolute Gasteiger partial charge is 0.333 e. The van der Waals surface area contributed by atoms with Crippen LogP contribution in [0.3, 0.4) is 0 Å². The zero-order valence-electron chi connectivity index (χ0n) is 10.3. The lowest BCUT2D eigenvalue weighted by molar-refractivity contribution is -0.142. The van der Waals surface area contributed by atoms with E-state index in [1.807, 2.05) is 30.3 Å². The van der Waals surface area contributed by atoms with Crippen LogP contribution in [0.25, 0.3) is 0 Å². The van der Waals surface area contributed by atoms with Crippen molar-refractivity contribution in [2.75, 3.05) is 7.05 Å². The van der Waals surface area contributed by atoms with Gasteiger partial charge in [-0.3, -0.25) is 19.4 Å². The molecule has 0 N–H and O–H groups in total. The van der Waals surface area contributed by atoms with Gasteiger partial charge in [-0.1, -0.05) is 30.3 Å². The molecule has 1 aliphatic rings. The summed E-state index contributed by atoms with van der Waals surface area (Å²) in [4.78, 5) is 37.3. The van der Waals surface area contributed by atoms with Crippen LogP contribution in [-0.2, 0) is 9.59 Å². The molecule has 0 aromatic heterocycles. The van der Waals surface area contributed by atoms with E-state index in [0.29, 0.717) is 0 Å². The molecule has 18 heavy (non-hydrogen) atoms. The summed E-state index contributed by atoms with van der Waals surface area (Å²) >= 11 is 0. The van der Waals surface area contributed by atoms with E-state index in [4.69, 9.17) is 0 Å². The molecule has 5 heteroatoms. The third-order valence-corrected chi connectivity index (χ3v) is 3.11. The van der Waals surface area contributed by atoms with Gasteiger partial charge in [0.15, 0.2) is 0 Å². The highest BCUT2D eigenvalue weighted by Gasteiger charge is 2.38. The molecule has 0 aliphatic carbocycles. The molecule has 4 amide bonds. The molecule has 0 spiro atoms. The zero-order valence-corrected chi connectivity index (χ0v) is 10.3. The van der Waals surface area contributed by atoms with E-state index in [0.717, 1.165) is 15.4 Å². The summed E-state index contributed by atoms with van der Waals surface area (Å²) in [5, 5.41) is 0. The molecule has 1 unspecified atom stereocenters. The summed E-state index contributed by atoms with van der Waals surface area (Å²) < 4.78 is 0. The van der Waals surface area contributed by atoms with Crippen LogP contribution in [0.15, 0.2) is 30.3 Å². The predicted molar refractivity (Wildman–Crippen MR) is 64.5 cm³/mol. The second kappa shape index (κ2) is 4.60. The summed E-state index contributed by atoms with van der Waals surface area (Å²) in [7, 11) is 1.39. The van der Waals surface area contributed by atoms with Gasteiger partial charge < -0.3 is 0 Å². The Balaban J connectivity index is 2.30. The lowest BCUT2D eigenvalue weighted by Gasteiger charge is -2.34. The van der Waals surface area contributed by atoms with Crippen molar-refractivity contribution < 1.29 is 14.4 Å². The van der Waals surface area contributed by atoms with Crippen LogP contribution >= 0.6 is 0 Å². The molecular formula is C13H14N2O3. The molecule has 1 aliphatic heterocycles. The number of hydrogen-bond donors (Lipinski definition) is 0. The SMILES string of the molecule is CC(c1ccccc1)N1C(=O)CC(=O)N(C)C1=O. The quantitative estimate of drug-likeness (QED) is 0.744. The average molecular weight is 246 g/mol. The fraction of sp³-hybridized carbons (Fsp3) is 0.308. The number of carbonyl (C=O) groups excluding carboxylic acids is 3. The number of nitrogens with zero attached hydrogens (tertiary/aromatic N) is 2. The molecule has 0 radical (unpaired) electrons. The average Bonchev–Trinajstić information content (AvgIpc) is 2.37. The Morgan fingerprint density at radius 2 is 1.67 bits per heavy atom. The third kappa shape index (κ3) is 1.99. The molecule has 1 heterocycles. The van der Waals surface area contributed by atoms with Crippen LogP contribution < -0.4 is 0 Å². The van der Waals surface area contributed by atoms with E-state index in [1.165, 1.54) is 7.05 Å². The van der Waals surface area contributed by atoms with Gasteiger partial charge >= 0.3 is 6.03 Å². The van der Waals surface area contributed by atoms with E-state index in [1.54, 1.807) is 6.92 Å².